The molecular weight excluding hydrogens is 426 g/mol. The first kappa shape index (κ1) is 26.0. The molecule has 2 N–H and O–H groups in total. The second-order valence-electron chi connectivity index (χ2n) is 8.83. The van der Waals surface area contributed by atoms with Gasteiger partial charge in [0, 0.05) is 50.3 Å². The topological polar surface area (TPSA) is 69.7 Å². The molecule has 1 aromatic heterocycles. The van der Waals surface area contributed by atoms with Crippen LogP contribution in [-0.4, -0.2) is 69.4 Å². The van der Waals surface area contributed by atoms with Gasteiger partial charge in [-0.05, 0) is 88.5 Å². The van der Waals surface area contributed by atoms with E-state index in [0.29, 0.717) is 6.61 Å². The van der Waals surface area contributed by atoms with E-state index >= 15 is 0 Å². The molecule has 3 heterocycles. The predicted octanol–water partition coefficient (Wildman–Crippen LogP) is 3.41. The van der Waals surface area contributed by atoms with Crippen LogP contribution in [0.15, 0.2) is 36.5 Å². The molecule has 0 unspecified atom stereocenters. The third-order valence-corrected chi connectivity index (χ3v) is 6.36. The number of fused-ring (bicyclic) bond motifs is 2. The van der Waals surface area contributed by atoms with E-state index in [1.165, 1.54) is 53.8 Å². The quantitative estimate of drug-likeness (QED) is 0.706. The summed E-state index contributed by atoms with van der Waals surface area (Å²) < 4.78 is 5.07. The summed E-state index contributed by atoms with van der Waals surface area (Å²) in [4.78, 5) is 20.3. The number of anilines is 1. The van der Waals surface area contributed by atoms with Gasteiger partial charge < -0.3 is 25.2 Å². The number of nitrogens with zero attached hydrogens (tertiary/aromatic N) is 3. The number of carbonyl (C=O) groups is 1. The summed E-state index contributed by atoms with van der Waals surface area (Å²) in [6.45, 7) is 7.53. The largest absolute Gasteiger partial charge is 0.450 e. The van der Waals surface area contributed by atoms with Crippen molar-refractivity contribution in [2.45, 2.75) is 45.6 Å². The minimum atomic E-state index is -0.184. The van der Waals surface area contributed by atoms with Gasteiger partial charge in [-0.1, -0.05) is 18.2 Å². The van der Waals surface area contributed by atoms with E-state index in [1.54, 1.807) is 4.90 Å². The molecule has 0 bridgehead atoms. The Morgan fingerprint density at radius 1 is 1.03 bits per heavy atom. The first-order valence-electron chi connectivity index (χ1n) is 12.7. The fourth-order valence-corrected chi connectivity index (χ4v) is 4.68. The molecule has 1 saturated heterocycles. The molecular formula is C27H41N5O2. The van der Waals surface area contributed by atoms with E-state index in [2.05, 4.69) is 44.8 Å². The van der Waals surface area contributed by atoms with Crippen LogP contribution >= 0.6 is 0 Å². The van der Waals surface area contributed by atoms with Gasteiger partial charge in [0.1, 0.15) is 0 Å². The van der Waals surface area contributed by atoms with Crippen molar-refractivity contribution in [1.29, 1.82) is 0 Å². The number of carbonyl (C=O) groups excluding carboxylic acids is 1. The van der Waals surface area contributed by atoms with Crippen LogP contribution in [0, 0.1) is 0 Å². The second kappa shape index (κ2) is 13.9. The second-order valence-corrected chi connectivity index (χ2v) is 8.83. The van der Waals surface area contributed by atoms with Crippen molar-refractivity contribution in [3.63, 3.8) is 0 Å². The Bertz CT molecular complexity index is 871. The Morgan fingerprint density at radius 2 is 1.76 bits per heavy atom. The molecule has 0 atom stereocenters. The molecule has 0 radical (unpaired) electrons. The molecule has 1 amide bonds. The van der Waals surface area contributed by atoms with Crippen LogP contribution in [0.4, 0.5) is 10.5 Å². The first-order valence-corrected chi connectivity index (χ1v) is 12.7. The normalized spacial score (nSPS) is 16.7. The van der Waals surface area contributed by atoms with E-state index in [1.807, 2.05) is 33.3 Å². The van der Waals surface area contributed by atoms with Gasteiger partial charge in [-0.25, -0.2) is 4.79 Å². The maximum absolute atomic E-state index is 11.8. The zero-order valence-corrected chi connectivity index (χ0v) is 21.1. The van der Waals surface area contributed by atoms with E-state index in [9.17, 15) is 4.79 Å². The number of aromatic nitrogens is 1. The third kappa shape index (κ3) is 7.18. The lowest BCUT2D eigenvalue weighted by molar-refractivity contribution is 0.105. The van der Waals surface area contributed by atoms with Crippen LogP contribution in [0.1, 0.15) is 42.1 Å². The number of ether oxygens (including phenoxy) is 1. The fourth-order valence-electron chi connectivity index (χ4n) is 4.68. The summed E-state index contributed by atoms with van der Waals surface area (Å²) in [6.07, 6.45) is 7.90. The Balaban J connectivity index is 0.000000206. The van der Waals surface area contributed by atoms with E-state index in [0.717, 1.165) is 45.7 Å². The van der Waals surface area contributed by atoms with Gasteiger partial charge in [0.25, 0.3) is 0 Å². The van der Waals surface area contributed by atoms with Gasteiger partial charge in [0.05, 0.1) is 6.61 Å². The molecule has 5 rings (SSSR count). The van der Waals surface area contributed by atoms with Gasteiger partial charge in [-0.3, -0.25) is 4.98 Å². The molecule has 0 saturated carbocycles. The number of benzene rings is 1. The van der Waals surface area contributed by atoms with Gasteiger partial charge in [-0.15, -0.1) is 0 Å². The standard InChI is InChI=1S/C16H23N3O2.C9H11N.C2H7N/c1-2-21-16(20)19-10-8-18(9-11-19)15-5-3-4-13-12-17-7-6-14(13)15;1-2-6-9-8(4-1)5-3-7-10-9;1-3-2/h3-5,17H,2,6-12H2,1H3;3,5,7H,1-2,4,6H2;3H,1-2H3. The van der Waals surface area contributed by atoms with Gasteiger partial charge in [0.2, 0.25) is 0 Å². The maximum Gasteiger partial charge on any atom is 0.409 e. The summed E-state index contributed by atoms with van der Waals surface area (Å²) in [7, 11) is 3.75. The summed E-state index contributed by atoms with van der Waals surface area (Å²) >= 11 is 0. The van der Waals surface area contributed by atoms with E-state index < -0.39 is 0 Å². The van der Waals surface area contributed by atoms with Crippen molar-refractivity contribution < 1.29 is 9.53 Å². The number of piperazine rings is 1. The molecule has 2 aromatic rings. The lowest BCUT2D eigenvalue weighted by Gasteiger charge is -2.37. The number of amides is 1. The van der Waals surface area contributed by atoms with Crippen molar-refractivity contribution in [3.8, 4) is 0 Å². The Hall–Kier alpha value is -2.64. The van der Waals surface area contributed by atoms with Crippen LogP contribution in [0.25, 0.3) is 0 Å². The third-order valence-electron chi connectivity index (χ3n) is 6.36. The lowest BCUT2D eigenvalue weighted by Crippen LogP contribution is -2.49. The molecule has 2 aliphatic heterocycles. The zero-order valence-electron chi connectivity index (χ0n) is 21.1. The zero-order chi connectivity index (χ0) is 24.2. The molecule has 7 heteroatoms. The molecule has 7 nitrogen and oxygen atoms in total. The van der Waals surface area contributed by atoms with Crippen LogP contribution in [0.5, 0.6) is 0 Å². The number of rotatable bonds is 2. The Labute approximate surface area is 204 Å². The molecule has 34 heavy (non-hydrogen) atoms. The van der Waals surface area contributed by atoms with Gasteiger partial charge >= 0.3 is 6.09 Å². The number of nitrogens with one attached hydrogen (secondary N) is 2. The highest BCUT2D eigenvalue weighted by molar-refractivity contribution is 5.68. The molecule has 0 spiro atoms. The SMILES string of the molecule is CCOC(=O)N1CCN(c2cccc3c2CCNC3)CC1.CNC.c1cnc2c(c1)CCCC2. The number of hydrogen-bond acceptors (Lipinski definition) is 6. The molecule has 1 aliphatic carbocycles. The average Bonchev–Trinajstić information content (AvgIpc) is 2.89. The molecule has 1 fully saturated rings. The van der Waals surface area contributed by atoms with Crippen molar-refractivity contribution in [2.24, 2.45) is 0 Å². The highest BCUT2D eigenvalue weighted by Crippen LogP contribution is 2.27. The van der Waals surface area contributed by atoms with Crippen LogP contribution < -0.4 is 15.5 Å². The molecule has 3 aliphatic rings. The summed E-state index contributed by atoms with van der Waals surface area (Å²) in [5.41, 5.74) is 7.02. The van der Waals surface area contributed by atoms with Crippen LogP contribution in [0.2, 0.25) is 0 Å². The smallest absolute Gasteiger partial charge is 0.409 e. The van der Waals surface area contributed by atoms with Crippen molar-refractivity contribution >= 4 is 11.8 Å². The van der Waals surface area contributed by atoms with E-state index in [4.69, 9.17) is 4.74 Å². The van der Waals surface area contributed by atoms with Crippen LogP contribution in [-0.2, 0) is 30.5 Å². The van der Waals surface area contributed by atoms with E-state index in [-0.39, 0.29) is 6.09 Å². The number of hydrogen-bond donors (Lipinski definition) is 2. The minimum absolute atomic E-state index is 0.184. The Kier molecular flexibility index (Phi) is 10.6. The van der Waals surface area contributed by atoms with Gasteiger partial charge in [-0.2, -0.15) is 0 Å². The predicted molar refractivity (Wildman–Crippen MR) is 139 cm³/mol. The van der Waals surface area contributed by atoms with Crippen molar-refractivity contribution in [1.82, 2.24) is 20.5 Å². The highest BCUT2D eigenvalue weighted by atomic mass is 16.6. The maximum atomic E-state index is 11.8. The first-order chi connectivity index (χ1) is 16.7. The summed E-state index contributed by atoms with van der Waals surface area (Å²) in [5.74, 6) is 0. The van der Waals surface area contributed by atoms with Crippen molar-refractivity contribution in [2.75, 3.05) is 58.3 Å². The Morgan fingerprint density at radius 3 is 2.50 bits per heavy atom. The monoisotopic (exact) mass is 467 g/mol. The lowest BCUT2D eigenvalue weighted by atomic mass is 9.96. The highest BCUT2D eigenvalue weighted by Gasteiger charge is 2.24. The van der Waals surface area contributed by atoms with Gasteiger partial charge in [0.15, 0.2) is 0 Å². The van der Waals surface area contributed by atoms with Crippen molar-refractivity contribution in [3.05, 3.63) is 58.9 Å². The molecule has 186 valence electrons. The minimum Gasteiger partial charge on any atom is -0.450 e. The summed E-state index contributed by atoms with van der Waals surface area (Å²) in [5, 5.41) is 6.17. The van der Waals surface area contributed by atoms with Crippen LogP contribution in [0.3, 0.4) is 0 Å². The summed E-state index contributed by atoms with van der Waals surface area (Å²) in [6, 6.07) is 10.8. The average molecular weight is 468 g/mol. The number of aryl methyl sites for hydroxylation is 2. The number of pyridine rings is 1. The fraction of sp³-hybridized carbons (Fsp3) is 0.556. The molecule has 1 aromatic carbocycles.